The van der Waals surface area contributed by atoms with E-state index >= 15 is 0 Å². The molecule has 4 atom stereocenters. The third-order valence-electron chi connectivity index (χ3n) is 7.58. The minimum Gasteiger partial charge on any atom is -0.389 e. The number of non-ortho nitro benzene ring substituents is 1. The van der Waals surface area contributed by atoms with Crippen LogP contribution in [0.25, 0.3) is 0 Å². The fourth-order valence-electron chi connectivity index (χ4n) is 5.67. The number of nitro groups is 1. The van der Waals surface area contributed by atoms with Crippen molar-refractivity contribution in [2.24, 2.45) is 11.8 Å². The maximum atomic E-state index is 13.9. The lowest BCUT2D eigenvalue weighted by molar-refractivity contribution is -0.385. The van der Waals surface area contributed by atoms with E-state index in [1.165, 1.54) is 25.1 Å². The van der Waals surface area contributed by atoms with E-state index in [4.69, 9.17) is 0 Å². The minimum absolute atomic E-state index is 0.240. The van der Waals surface area contributed by atoms with Crippen molar-refractivity contribution in [3.05, 3.63) is 98.6 Å². The Kier molecular flexibility index (Phi) is 7.88. The normalized spacial score (nSPS) is 22.4. The average molecular weight is 544 g/mol. The van der Waals surface area contributed by atoms with Crippen molar-refractivity contribution >= 4 is 34.7 Å². The van der Waals surface area contributed by atoms with E-state index in [1.807, 2.05) is 52.0 Å². The topological polar surface area (TPSA) is 139 Å². The van der Waals surface area contributed by atoms with Gasteiger partial charge in [-0.1, -0.05) is 47.5 Å². The third-order valence-corrected chi connectivity index (χ3v) is 7.58. The average Bonchev–Trinajstić information content (AvgIpc) is 2.86. The van der Waals surface area contributed by atoms with Gasteiger partial charge in [-0.3, -0.25) is 24.5 Å². The van der Waals surface area contributed by atoms with Gasteiger partial charge in [-0.05, 0) is 63.4 Å². The molecule has 1 fully saturated rings. The maximum Gasteiger partial charge on any atom is 0.269 e. The summed E-state index contributed by atoms with van der Waals surface area (Å²) in [5.41, 5.74) is 2.79. The molecule has 0 heterocycles. The number of hydrogen-bond donors (Lipinski definition) is 3. The van der Waals surface area contributed by atoms with Gasteiger partial charge in [0.1, 0.15) is 11.7 Å². The number of aryl methyl sites for hydroxylation is 4. The standard InChI is InChI=1S/C31H33N3O6/c1-17-9-11-23(19(3)13-17)32-29(36)27-25(35)16-31(5,38)28(26(27)21-7-6-8-22(15-21)34(39)40)30(37)33-24-12-10-18(2)14-20(24)4/h6-15,26-28,38H,16H2,1-5H3,(H,32,36)(H,33,37). The van der Waals surface area contributed by atoms with Gasteiger partial charge in [-0.2, -0.15) is 0 Å². The lowest BCUT2D eigenvalue weighted by Gasteiger charge is -2.44. The number of nitrogens with zero attached hydrogens (tertiary/aromatic N) is 1. The van der Waals surface area contributed by atoms with E-state index in [0.717, 1.165) is 22.3 Å². The van der Waals surface area contributed by atoms with Crippen LogP contribution >= 0.6 is 0 Å². The van der Waals surface area contributed by atoms with Crippen molar-refractivity contribution in [3.8, 4) is 0 Å². The fraction of sp³-hybridized carbons (Fsp3) is 0.323. The van der Waals surface area contributed by atoms with Crippen LogP contribution in [-0.4, -0.2) is 33.2 Å². The Morgan fingerprint density at radius 3 is 1.98 bits per heavy atom. The Balaban J connectivity index is 1.82. The molecule has 1 aliphatic carbocycles. The molecule has 0 saturated heterocycles. The Hall–Kier alpha value is -4.37. The van der Waals surface area contributed by atoms with E-state index in [0.29, 0.717) is 11.4 Å². The summed E-state index contributed by atoms with van der Waals surface area (Å²) >= 11 is 0. The molecule has 208 valence electrons. The summed E-state index contributed by atoms with van der Waals surface area (Å²) in [5.74, 6) is -5.62. The number of Topliss-reactive ketones (excluding diaryl/α,β-unsaturated/α-hetero) is 1. The van der Waals surface area contributed by atoms with Gasteiger partial charge in [0.15, 0.2) is 0 Å². The number of hydrogen-bond acceptors (Lipinski definition) is 6. The molecule has 1 saturated carbocycles. The Labute approximate surface area is 232 Å². The van der Waals surface area contributed by atoms with Gasteiger partial charge in [0.05, 0.1) is 16.4 Å². The molecule has 0 aliphatic heterocycles. The van der Waals surface area contributed by atoms with Crippen molar-refractivity contribution in [2.45, 2.75) is 52.6 Å². The van der Waals surface area contributed by atoms with Crippen molar-refractivity contribution in [1.29, 1.82) is 0 Å². The predicted octanol–water partition coefficient (Wildman–Crippen LogP) is 5.15. The first kappa shape index (κ1) is 28.6. The first-order chi connectivity index (χ1) is 18.8. The number of ketones is 1. The molecule has 3 aromatic carbocycles. The van der Waals surface area contributed by atoms with Crippen molar-refractivity contribution in [2.75, 3.05) is 10.6 Å². The number of nitrogens with one attached hydrogen (secondary N) is 2. The highest BCUT2D eigenvalue weighted by atomic mass is 16.6. The second kappa shape index (κ2) is 11.0. The zero-order chi connectivity index (χ0) is 29.4. The van der Waals surface area contributed by atoms with E-state index in [-0.39, 0.29) is 11.3 Å². The van der Waals surface area contributed by atoms with Gasteiger partial charge in [0.2, 0.25) is 11.8 Å². The van der Waals surface area contributed by atoms with Crippen LogP contribution in [0.3, 0.4) is 0 Å². The molecule has 9 nitrogen and oxygen atoms in total. The fourth-order valence-corrected chi connectivity index (χ4v) is 5.67. The number of benzene rings is 3. The monoisotopic (exact) mass is 543 g/mol. The predicted molar refractivity (Wildman–Crippen MR) is 152 cm³/mol. The zero-order valence-electron chi connectivity index (χ0n) is 23.1. The molecule has 40 heavy (non-hydrogen) atoms. The third kappa shape index (κ3) is 5.79. The SMILES string of the molecule is Cc1ccc(NC(=O)C2C(=O)CC(C)(O)C(C(=O)Nc3ccc(C)cc3C)C2c2cccc([N+](=O)[O-])c2)c(C)c1. The number of amides is 2. The summed E-state index contributed by atoms with van der Waals surface area (Å²) in [6, 6.07) is 16.5. The van der Waals surface area contributed by atoms with Gasteiger partial charge in [0.25, 0.3) is 5.69 Å². The molecule has 3 aromatic rings. The smallest absolute Gasteiger partial charge is 0.269 e. The first-order valence-electron chi connectivity index (χ1n) is 13.0. The van der Waals surface area contributed by atoms with E-state index in [2.05, 4.69) is 10.6 Å². The van der Waals surface area contributed by atoms with Gasteiger partial charge in [-0.25, -0.2) is 0 Å². The first-order valence-corrected chi connectivity index (χ1v) is 13.0. The van der Waals surface area contributed by atoms with Gasteiger partial charge >= 0.3 is 0 Å². The highest BCUT2D eigenvalue weighted by Crippen LogP contribution is 2.47. The Morgan fingerprint density at radius 1 is 0.900 bits per heavy atom. The van der Waals surface area contributed by atoms with Crippen molar-refractivity contribution in [3.63, 3.8) is 0 Å². The van der Waals surface area contributed by atoms with E-state index in [9.17, 15) is 29.6 Å². The lowest BCUT2D eigenvalue weighted by Crippen LogP contribution is -2.56. The van der Waals surface area contributed by atoms with Crippen LogP contribution in [0.4, 0.5) is 17.1 Å². The lowest BCUT2D eigenvalue weighted by atomic mass is 9.61. The molecular weight excluding hydrogens is 510 g/mol. The van der Waals surface area contributed by atoms with Crippen LogP contribution in [0.5, 0.6) is 0 Å². The summed E-state index contributed by atoms with van der Waals surface area (Å²) in [6.45, 7) is 8.90. The number of carbonyl (C=O) groups is 3. The molecule has 1 aliphatic rings. The molecule has 0 bridgehead atoms. The molecule has 4 unspecified atom stereocenters. The van der Waals surface area contributed by atoms with Gasteiger partial charge in [-0.15, -0.1) is 0 Å². The summed E-state index contributed by atoms with van der Waals surface area (Å²) in [5, 5.41) is 28.8. The van der Waals surface area contributed by atoms with Crippen molar-refractivity contribution in [1.82, 2.24) is 0 Å². The second-order valence-corrected chi connectivity index (χ2v) is 10.9. The number of aliphatic hydroxyl groups is 1. The summed E-state index contributed by atoms with van der Waals surface area (Å²) in [4.78, 5) is 52.2. The van der Waals surface area contributed by atoms with Crippen LogP contribution in [0.2, 0.25) is 0 Å². The van der Waals surface area contributed by atoms with Crippen LogP contribution in [0.1, 0.15) is 47.1 Å². The largest absolute Gasteiger partial charge is 0.389 e. The van der Waals surface area contributed by atoms with Crippen LogP contribution in [0.15, 0.2) is 60.7 Å². The van der Waals surface area contributed by atoms with E-state index in [1.54, 1.807) is 18.2 Å². The van der Waals surface area contributed by atoms with Crippen LogP contribution in [-0.2, 0) is 14.4 Å². The van der Waals surface area contributed by atoms with E-state index < -0.39 is 52.3 Å². The second-order valence-electron chi connectivity index (χ2n) is 10.9. The Bertz CT molecular complexity index is 1510. The van der Waals surface area contributed by atoms with Crippen LogP contribution in [0, 0.1) is 49.6 Å². The molecule has 3 N–H and O–H groups in total. The number of anilines is 2. The number of rotatable bonds is 6. The molecule has 0 aromatic heterocycles. The molecular formula is C31H33N3O6. The quantitative estimate of drug-likeness (QED) is 0.223. The number of carbonyl (C=O) groups excluding carboxylic acids is 3. The van der Waals surface area contributed by atoms with Gasteiger partial charge in [0, 0.05) is 35.8 Å². The number of nitro benzene ring substituents is 1. The van der Waals surface area contributed by atoms with Crippen LogP contribution < -0.4 is 10.6 Å². The summed E-state index contributed by atoms with van der Waals surface area (Å²) < 4.78 is 0. The van der Waals surface area contributed by atoms with Gasteiger partial charge < -0.3 is 15.7 Å². The molecule has 2 amide bonds. The summed E-state index contributed by atoms with van der Waals surface area (Å²) in [6.07, 6.45) is -0.436. The highest BCUT2D eigenvalue weighted by Gasteiger charge is 2.56. The molecule has 9 heteroatoms. The zero-order valence-corrected chi connectivity index (χ0v) is 23.1. The Morgan fingerprint density at radius 2 is 1.45 bits per heavy atom. The molecule has 0 spiro atoms. The molecule has 0 radical (unpaired) electrons. The maximum absolute atomic E-state index is 13.9. The van der Waals surface area contributed by atoms with Crippen molar-refractivity contribution < 1.29 is 24.4 Å². The minimum atomic E-state index is -1.83. The highest BCUT2D eigenvalue weighted by molar-refractivity contribution is 6.10. The summed E-state index contributed by atoms with van der Waals surface area (Å²) in [7, 11) is 0. The molecule has 4 rings (SSSR count).